The predicted octanol–water partition coefficient (Wildman–Crippen LogP) is 5.16. The molecule has 0 spiro atoms. The number of Topliss-reactive ketones (excluding diaryl/α,β-unsaturated/α-hetero) is 1. The molecule has 172 valence electrons. The zero-order chi connectivity index (χ0) is 23.9. The molecule has 0 aliphatic heterocycles. The van der Waals surface area contributed by atoms with Crippen molar-refractivity contribution in [3.05, 3.63) is 100 Å². The number of carbonyl (C=O) groups excluding carboxylic acids is 2. The number of benzene rings is 3. The van der Waals surface area contributed by atoms with Gasteiger partial charge in [-0.2, -0.15) is 0 Å². The Balaban J connectivity index is 1.54. The maximum atomic E-state index is 13.2. The van der Waals surface area contributed by atoms with Crippen LogP contribution >= 0.6 is 11.8 Å². The second-order valence-corrected chi connectivity index (χ2v) is 8.82. The van der Waals surface area contributed by atoms with Gasteiger partial charge in [-0.3, -0.25) is 19.0 Å². The highest BCUT2D eigenvalue weighted by atomic mass is 32.2. The van der Waals surface area contributed by atoms with E-state index in [0.717, 1.165) is 12.0 Å². The van der Waals surface area contributed by atoms with Gasteiger partial charge in [0.1, 0.15) is 0 Å². The van der Waals surface area contributed by atoms with E-state index in [0.29, 0.717) is 40.3 Å². The Bertz CT molecular complexity index is 1370. The van der Waals surface area contributed by atoms with Crippen molar-refractivity contribution in [2.45, 2.75) is 31.5 Å². The van der Waals surface area contributed by atoms with Crippen LogP contribution < -0.4 is 10.9 Å². The van der Waals surface area contributed by atoms with Crippen molar-refractivity contribution in [3.8, 4) is 0 Å². The summed E-state index contributed by atoms with van der Waals surface area (Å²) in [6.07, 6.45) is 1.23. The number of nitrogens with zero attached hydrogens (tertiary/aromatic N) is 2. The number of thioether (sulfide) groups is 1. The molecule has 4 rings (SSSR count). The molecule has 0 fully saturated rings. The molecule has 0 bridgehead atoms. The van der Waals surface area contributed by atoms with E-state index in [9.17, 15) is 14.4 Å². The van der Waals surface area contributed by atoms with E-state index in [2.05, 4.69) is 10.3 Å². The number of nitrogens with one attached hydrogen (secondary N) is 1. The summed E-state index contributed by atoms with van der Waals surface area (Å²) in [7, 11) is 0. The molecule has 6 nitrogen and oxygen atoms in total. The monoisotopic (exact) mass is 471 g/mol. The summed E-state index contributed by atoms with van der Waals surface area (Å²) in [6, 6.07) is 23.8. The van der Waals surface area contributed by atoms with Crippen LogP contribution in [0.15, 0.2) is 88.8 Å². The summed E-state index contributed by atoms with van der Waals surface area (Å²) in [4.78, 5) is 42.5. The van der Waals surface area contributed by atoms with Crippen LogP contribution in [0.4, 0.5) is 5.69 Å². The Kier molecular flexibility index (Phi) is 7.54. The van der Waals surface area contributed by atoms with E-state index in [1.807, 2.05) is 49.4 Å². The Morgan fingerprint density at radius 1 is 0.941 bits per heavy atom. The Morgan fingerprint density at radius 2 is 1.65 bits per heavy atom. The SMILES string of the molecule is CCCC(=O)Nc1ccc(C(=O)CSc2nc3ccccc3c(=O)n2Cc2ccccc2)cc1. The van der Waals surface area contributed by atoms with Gasteiger partial charge in [-0.1, -0.05) is 61.2 Å². The predicted molar refractivity (Wildman–Crippen MR) is 137 cm³/mol. The molecule has 0 saturated heterocycles. The molecule has 1 heterocycles. The largest absolute Gasteiger partial charge is 0.326 e. The molecule has 7 heteroatoms. The minimum absolute atomic E-state index is 0.0455. The quantitative estimate of drug-likeness (QED) is 0.207. The van der Waals surface area contributed by atoms with Gasteiger partial charge in [0.05, 0.1) is 23.2 Å². The molecule has 1 amide bonds. The van der Waals surface area contributed by atoms with Gasteiger partial charge in [-0.05, 0) is 48.4 Å². The topological polar surface area (TPSA) is 81.1 Å². The van der Waals surface area contributed by atoms with Crippen LogP contribution in [-0.2, 0) is 11.3 Å². The van der Waals surface area contributed by atoms with Crippen LogP contribution in [0.5, 0.6) is 0 Å². The molecule has 0 radical (unpaired) electrons. The summed E-state index contributed by atoms with van der Waals surface area (Å²) in [5, 5.41) is 3.87. The van der Waals surface area contributed by atoms with Crippen LogP contribution in [0.2, 0.25) is 0 Å². The molecule has 4 aromatic rings. The fourth-order valence-corrected chi connectivity index (χ4v) is 4.46. The lowest BCUT2D eigenvalue weighted by atomic mass is 10.1. The van der Waals surface area contributed by atoms with Crippen molar-refractivity contribution >= 4 is 40.0 Å². The number of fused-ring (bicyclic) bond motifs is 1. The Hall–Kier alpha value is -3.71. The first-order valence-electron chi connectivity index (χ1n) is 11.1. The fourth-order valence-electron chi connectivity index (χ4n) is 3.57. The smallest absolute Gasteiger partial charge is 0.262 e. The first-order chi connectivity index (χ1) is 16.5. The molecule has 0 aliphatic rings. The molecule has 0 unspecified atom stereocenters. The van der Waals surface area contributed by atoms with Gasteiger partial charge in [-0.25, -0.2) is 4.98 Å². The standard InChI is InChI=1S/C27H25N3O3S/c1-2-8-25(32)28-21-15-13-20(14-16-21)24(31)18-34-27-29-23-12-7-6-11-22(23)26(33)30(27)17-19-9-4-3-5-10-19/h3-7,9-16H,2,8,17-18H2,1H3,(H,28,32). The molecular formula is C27H25N3O3S. The molecule has 0 aliphatic carbocycles. The first-order valence-corrected chi connectivity index (χ1v) is 12.1. The molecule has 34 heavy (non-hydrogen) atoms. The number of para-hydroxylation sites is 1. The molecule has 0 saturated carbocycles. The second kappa shape index (κ2) is 10.9. The van der Waals surface area contributed by atoms with E-state index in [1.165, 1.54) is 11.8 Å². The third kappa shape index (κ3) is 5.61. The number of carbonyl (C=O) groups is 2. The van der Waals surface area contributed by atoms with Crippen LogP contribution in [0.25, 0.3) is 10.9 Å². The molecule has 0 atom stereocenters. The lowest BCUT2D eigenvalue weighted by Crippen LogP contribution is -2.24. The Morgan fingerprint density at radius 3 is 2.38 bits per heavy atom. The van der Waals surface area contributed by atoms with Crippen molar-refractivity contribution < 1.29 is 9.59 Å². The van der Waals surface area contributed by atoms with Gasteiger partial charge in [0.25, 0.3) is 5.56 Å². The van der Waals surface area contributed by atoms with E-state index in [1.54, 1.807) is 41.0 Å². The summed E-state index contributed by atoms with van der Waals surface area (Å²) in [5.74, 6) is 0.0159. The highest BCUT2D eigenvalue weighted by Crippen LogP contribution is 2.21. The van der Waals surface area contributed by atoms with Crippen LogP contribution in [0, 0.1) is 0 Å². The van der Waals surface area contributed by atoms with Crippen molar-refractivity contribution in [2.75, 3.05) is 11.1 Å². The van der Waals surface area contributed by atoms with Crippen LogP contribution in [0.3, 0.4) is 0 Å². The lowest BCUT2D eigenvalue weighted by molar-refractivity contribution is -0.116. The second-order valence-electron chi connectivity index (χ2n) is 7.88. The number of amides is 1. The summed E-state index contributed by atoms with van der Waals surface area (Å²) < 4.78 is 1.63. The third-order valence-corrected chi connectivity index (χ3v) is 6.29. The normalized spacial score (nSPS) is 10.9. The average Bonchev–Trinajstić information content (AvgIpc) is 2.86. The maximum Gasteiger partial charge on any atom is 0.262 e. The first kappa shape index (κ1) is 23.4. The van der Waals surface area contributed by atoms with Gasteiger partial charge in [0.2, 0.25) is 5.91 Å². The highest BCUT2D eigenvalue weighted by Gasteiger charge is 2.15. The maximum absolute atomic E-state index is 13.2. The number of ketones is 1. The van der Waals surface area contributed by atoms with Crippen molar-refractivity contribution in [2.24, 2.45) is 0 Å². The van der Waals surface area contributed by atoms with Gasteiger partial charge in [0, 0.05) is 17.7 Å². The van der Waals surface area contributed by atoms with Gasteiger partial charge < -0.3 is 5.32 Å². The zero-order valence-electron chi connectivity index (χ0n) is 18.9. The van der Waals surface area contributed by atoms with Gasteiger partial charge in [0.15, 0.2) is 10.9 Å². The fraction of sp³-hybridized carbons (Fsp3) is 0.185. The number of hydrogen-bond acceptors (Lipinski definition) is 5. The minimum Gasteiger partial charge on any atom is -0.326 e. The summed E-state index contributed by atoms with van der Waals surface area (Å²) >= 11 is 1.25. The van der Waals surface area contributed by atoms with Crippen molar-refractivity contribution in [1.82, 2.24) is 9.55 Å². The van der Waals surface area contributed by atoms with Crippen LogP contribution in [-0.4, -0.2) is 27.0 Å². The highest BCUT2D eigenvalue weighted by molar-refractivity contribution is 7.99. The zero-order valence-corrected chi connectivity index (χ0v) is 19.7. The number of rotatable bonds is 9. The molecular weight excluding hydrogens is 446 g/mol. The van der Waals surface area contributed by atoms with Gasteiger partial charge >= 0.3 is 0 Å². The molecule has 1 aromatic heterocycles. The summed E-state index contributed by atoms with van der Waals surface area (Å²) in [5.41, 5.74) is 2.67. The van der Waals surface area contributed by atoms with E-state index in [4.69, 9.17) is 0 Å². The number of aromatic nitrogens is 2. The molecule has 1 N–H and O–H groups in total. The van der Waals surface area contributed by atoms with Crippen LogP contribution in [0.1, 0.15) is 35.7 Å². The summed E-state index contributed by atoms with van der Waals surface area (Å²) in [6.45, 7) is 2.32. The molecule has 3 aromatic carbocycles. The van der Waals surface area contributed by atoms with Crippen molar-refractivity contribution in [1.29, 1.82) is 0 Å². The van der Waals surface area contributed by atoms with Crippen molar-refractivity contribution in [3.63, 3.8) is 0 Å². The number of hydrogen-bond donors (Lipinski definition) is 1. The van der Waals surface area contributed by atoms with Gasteiger partial charge in [-0.15, -0.1) is 0 Å². The third-order valence-electron chi connectivity index (χ3n) is 5.31. The average molecular weight is 472 g/mol. The van der Waals surface area contributed by atoms with E-state index in [-0.39, 0.29) is 23.0 Å². The van der Waals surface area contributed by atoms with E-state index < -0.39 is 0 Å². The lowest BCUT2D eigenvalue weighted by Gasteiger charge is -2.13. The minimum atomic E-state index is -0.128. The Labute approximate surface area is 202 Å². The van der Waals surface area contributed by atoms with E-state index >= 15 is 0 Å². The number of anilines is 1.